The minimum absolute atomic E-state index is 0.845. The van der Waals surface area contributed by atoms with Crippen molar-refractivity contribution in [3.8, 4) is 78.1 Å². The Morgan fingerprint density at radius 2 is 0.467 bits per heavy atom. The number of fused-ring (bicyclic) bond motifs is 18. The van der Waals surface area contributed by atoms with Gasteiger partial charge in [0, 0.05) is 231 Å². The second-order valence-corrected chi connectivity index (χ2v) is 41.5. The Morgan fingerprint density at radius 1 is 0.180 bits per heavy atom. The van der Waals surface area contributed by atoms with E-state index in [2.05, 4.69) is 516 Å². The van der Waals surface area contributed by atoms with E-state index in [0.717, 1.165) is 147 Å². The zero-order valence-electron chi connectivity index (χ0n) is 83.2. The van der Waals surface area contributed by atoms with Crippen molar-refractivity contribution in [2.45, 2.75) is 53.9 Å². The number of aromatic nitrogens is 6. The van der Waals surface area contributed by atoms with Crippen molar-refractivity contribution in [3.63, 3.8) is 0 Å². The molecule has 31 rings (SSSR count). The molecule has 8 nitrogen and oxygen atoms in total. The summed E-state index contributed by atoms with van der Waals surface area (Å²) in [5.41, 5.74) is 34.4. The molecule has 0 saturated carbocycles. The molecule has 24 aromatic carbocycles. The van der Waals surface area contributed by atoms with E-state index in [-0.39, 0.29) is 0 Å². The molecule has 0 saturated heterocycles. The van der Waals surface area contributed by atoms with Crippen LogP contribution in [0.3, 0.4) is 0 Å². The fraction of sp³-hybridized carbons (Fsp3) is 0.0571. The summed E-state index contributed by atoms with van der Waals surface area (Å²) in [6, 6.07) is 174. The van der Waals surface area contributed by atoms with Gasteiger partial charge in [-0.3, -0.25) is 0 Å². The number of furan rings is 2. The fourth-order valence-electron chi connectivity index (χ4n) is 24.7. The predicted molar refractivity (Wildman–Crippen MR) is 642 cm³/mol. The smallest absolute Gasteiger partial charge is 0.143 e. The molecule has 0 spiro atoms. The molecule has 0 aliphatic rings. The number of aryl methyl sites for hydroxylation is 4. The fourth-order valence-corrected chi connectivity index (χ4v) is 27.1. The molecular weight excluding hydrogens is 1860 g/mol. The summed E-state index contributed by atoms with van der Waals surface area (Å²) < 4.78 is 33.8. The molecule has 7 heterocycles. The zero-order valence-corrected chi connectivity index (χ0v) is 84.8. The van der Waals surface area contributed by atoms with Gasteiger partial charge in [0.2, 0.25) is 0 Å². The van der Waals surface area contributed by atoms with E-state index < -0.39 is 0 Å². The standard InChI is InChI=1S/C56H34N2O2.C48H34N2S2.C36H30N2/c1-3-15-35(16-4-1)57-37-31-47(45-25-11-23-43-41-19-7-9-29-53(41)59-55(43)45)40-22-14-28-52(50(40)33-37)58(36-17-5-2-6-18-36)38-32-48(39-21-13-27-51(57)49(39)34-38)46-26-12-24-44-42-20-8-10-30-54(42)60-56(44)46;1-3-49-41-21-9-13-29-26-40(36-20-12-18-34-32-16-6-8-24-46(32)52-48(34)36)44(28-37(29)41)50(4-2)42-22-10-14-30-25-39(43(49)27-38(30)42)35-19-11-17-33-31-15-5-7-23-45(31)51-47(33)35;1-3-37-33-19-11-17-27-22-30(26-15-9-6-10-16-26)36(24-31(27)33)38(4-2)34-20-12-18-28-21-29(35(37)23-32(28)34)25-13-7-5-8-14-25/h1-34H;5-28H,3-4H2,1-2H3;5-24H,3-4H2,1-2H3. The Labute approximate surface area is 872 Å². The van der Waals surface area contributed by atoms with Crippen LogP contribution < -0.4 is 0 Å². The van der Waals surface area contributed by atoms with Gasteiger partial charge in [0.15, 0.2) is 0 Å². The summed E-state index contributed by atoms with van der Waals surface area (Å²) >= 11 is 3.81. The molecular formula is C140H98N6O2S2. The minimum Gasteiger partial charge on any atom is -0.455 e. The highest BCUT2D eigenvalue weighted by Gasteiger charge is 2.27. The molecule has 0 atom stereocenters. The van der Waals surface area contributed by atoms with Crippen LogP contribution in [0.4, 0.5) is 0 Å². The van der Waals surface area contributed by atoms with E-state index >= 15 is 0 Å². The molecule has 0 N–H and O–H groups in total. The number of benzene rings is 24. The van der Waals surface area contributed by atoms with Crippen LogP contribution in [0.25, 0.3) is 293 Å². The van der Waals surface area contributed by atoms with Gasteiger partial charge in [-0.1, -0.05) is 315 Å². The van der Waals surface area contributed by atoms with Gasteiger partial charge in [-0.05, 0) is 240 Å². The van der Waals surface area contributed by atoms with Crippen molar-refractivity contribution < 1.29 is 8.83 Å². The maximum Gasteiger partial charge on any atom is 0.143 e. The van der Waals surface area contributed by atoms with E-state index in [9.17, 15) is 0 Å². The molecule has 0 fully saturated rings. The van der Waals surface area contributed by atoms with Crippen LogP contribution >= 0.6 is 22.7 Å². The summed E-state index contributed by atoms with van der Waals surface area (Å²) in [4.78, 5) is 0. The lowest BCUT2D eigenvalue weighted by Crippen LogP contribution is -2.04. The predicted octanol–water partition coefficient (Wildman–Crippen LogP) is 40.0. The molecule has 31 aromatic rings. The highest BCUT2D eigenvalue weighted by Crippen LogP contribution is 2.51. The van der Waals surface area contributed by atoms with Crippen LogP contribution in [-0.4, -0.2) is 27.4 Å². The lowest BCUT2D eigenvalue weighted by atomic mass is 9.94. The summed E-state index contributed by atoms with van der Waals surface area (Å²) in [5, 5.41) is 24.4. The Hall–Kier alpha value is -18.3. The van der Waals surface area contributed by atoms with Crippen molar-refractivity contribution in [2.24, 2.45) is 0 Å². The van der Waals surface area contributed by atoms with Crippen LogP contribution in [0, 0.1) is 0 Å². The van der Waals surface area contributed by atoms with Crippen LogP contribution in [0.15, 0.2) is 482 Å². The van der Waals surface area contributed by atoms with Crippen molar-refractivity contribution in [1.82, 2.24) is 27.4 Å². The lowest BCUT2D eigenvalue weighted by Gasteiger charge is -2.21. The van der Waals surface area contributed by atoms with Gasteiger partial charge in [-0.2, -0.15) is 0 Å². The maximum absolute atomic E-state index is 6.73. The number of para-hydroxylation sites is 6. The van der Waals surface area contributed by atoms with Crippen LogP contribution in [0.1, 0.15) is 27.7 Å². The van der Waals surface area contributed by atoms with Crippen molar-refractivity contribution in [2.75, 3.05) is 0 Å². The van der Waals surface area contributed by atoms with Gasteiger partial charge in [0.1, 0.15) is 22.3 Å². The Morgan fingerprint density at radius 3 is 0.840 bits per heavy atom. The summed E-state index contributed by atoms with van der Waals surface area (Å²) in [6.45, 7) is 12.5. The molecule has 7 aromatic heterocycles. The third-order valence-electron chi connectivity index (χ3n) is 31.4. The third-order valence-corrected chi connectivity index (χ3v) is 33.8. The van der Waals surface area contributed by atoms with E-state index in [1.54, 1.807) is 0 Å². The van der Waals surface area contributed by atoms with Crippen molar-refractivity contribution in [3.05, 3.63) is 473 Å². The van der Waals surface area contributed by atoms with Crippen LogP contribution in [0.5, 0.6) is 0 Å². The molecule has 12 bridgehead atoms. The average Bonchev–Trinajstić information content (AvgIpc) is 1.13. The van der Waals surface area contributed by atoms with Gasteiger partial charge in [-0.15, -0.1) is 22.7 Å². The second-order valence-electron chi connectivity index (χ2n) is 39.4. The summed E-state index contributed by atoms with van der Waals surface area (Å²) in [5.74, 6) is 0. The molecule has 712 valence electrons. The first kappa shape index (κ1) is 88.2. The highest BCUT2D eigenvalue weighted by molar-refractivity contribution is 7.26. The second kappa shape index (κ2) is 35.8. The number of nitrogens with zero attached hydrogens (tertiary/aromatic N) is 6. The van der Waals surface area contributed by atoms with E-state index in [4.69, 9.17) is 8.83 Å². The van der Waals surface area contributed by atoms with Crippen LogP contribution in [0.2, 0.25) is 0 Å². The Bertz CT molecular complexity index is 10400. The van der Waals surface area contributed by atoms with Crippen LogP contribution in [-0.2, 0) is 26.2 Å². The molecule has 0 radical (unpaired) electrons. The largest absolute Gasteiger partial charge is 0.455 e. The van der Waals surface area contributed by atoms with Crippen molar-refractivity contribution in [1.29, 1.82) is 0 Å². The van der Waals surface area contributed by atoms with E-state index in [0.29, 0.717) is 0 Å². The first-order valence-corrected chi connectivity index (χ1v) is 53.8. The SMILES string of the molecule is CCn1c2cc3c(cccc3n(CC)c3cc4c(cccc41)cc3-c1cccc3c1sc1ccccc13)cc2-c1cccc2c1sc1ccccc12.CCn1c2cc3c(cccc3n(CC)c3cc4c(cccc41)cc3-c1ccccc1)cc2-c1ccccc1.c1ccc(-n2c3cc(-c4cccc5c4oc4ccccc45)c4cccc(c4c3)n(-c3ccccc3)c3cc(-c4cccc5c4oc4ccccc45)c4cccc2c4c3)cc1. The number of rotatable bonds is 12. The first-order valence-electron chi connectivity index (χ1n) is 52.2. The van der Waals surface area contributed by atoms with E-state index in [1.807, 2.05) is 34.8 Å². The molecule has 0 amide bonds. The van der Waals surface area contributed by atoms with Gasteiger partial charge in [0.05, 0.1) is 11.0 Å². The monoisotopic (exact) mass is 1960 g/mol. The van der Waals surface area contributed by atoms with Crippen molar-refractivity contribution >= 4 is 238 Å². The summed E-state index contributed by atoms with van der Waals surface area (Å²) in [7, 11) is 0. The summed E-state index contributed by atoms with van der Waals surface area (Å²) in [6.07, 6.45) is 0. The Kier molecular flexibility index (Phi) is 21.1. The molecule has 0 unspecified atom stereocenters. The molecule has 0 aliphatic carbocycles. The maximum atomic E-state index is 6.73. The number of hydrogen-bond acceptors (Lipinski definition) is 4. The average molecular weight is 1960 g/mol. The highest BCUT2D eigenvalue weighted by atomic mass is 32.1. The van der Waals surface area contributed by atoms with Gasteiger partial charge in [-0.25, -0.2) is 0 Å². The number of hydrogen-bond donors (Lipinski definition) is 0. The van der Waals surface area contributed by atoms with Gasteiger partial charge < -0.3 is 36.2 Å². The number of thiophene rings is 2. The Balaban J connectivity index is 0.000000108. The topological polar surface area (TPSA) is 55.9 Å². The first-order chi connectivity index (χ1) is 74.2. The molecule has 10 heteroatoms. The lowest BCUT2D eigenvalue weighted by molar-refractivity contribution is 0.669. The quantitative estimate of drug-likeness (QED) is 0.122. The normalized spacial score (nSPS) is 12.0. The van der Waals surface area contributed by atoms with Gasteiger partial charge >= 0.3 is 0 Å². The zero-order chi connectivity index (χ0) is 99.5. The molecule has 150 heavy (non-hydrogen) atoms. The third kappa shape index (κ3) is 14.1. The van der Waals surface area contributed by atoms with Gasteiger partial charge in [0.25, 0.3) is 0 Å². The van der Waals surface area contributed by atoms with E-state index in [1.165, 1.54) is 172 Å². The molecule has 0 aliphatic heterocycles. The minimum atomic E-state index is 0.845.